The van der Waals surface area contributed by atoms with Crippen molar-refractivity contribution in [1.82, 2.24) is 10.3 Å². The quantitative estimate of drug-likeness (QED) is 0.742. The summed E-state index contributed by atoms with van der Waals surface area (Å²) < 4.78 is 0. The van der Waals surface area contributed by atoms with Crippen LogP contribution in [-0.2, 0) is 6.54 Å². The minimum atomic E-state index is 0.565. The highest BCUT2D eigenvalue weighted by molar-refractivity contribution is 7.15. The average Bonchev–Trinajstić information content (AvgIpc) is 3.20. The van der Waals surface area contributed by atoms with Crippen molar-refractivity contribution in [2.24, 2.45) is 0 Å². The van der Waals surface area contributed by atoms with Crippen LogP contribution in [0.15, 0.2) is 0 Å². The zero-order chi connectivity index (χ0) is 14.5. The molecule has 0 radical (unpaired) electrons. The minimum absolute atomic E-state index is 0.565. The van der Waals surface area contributed by atoms with Gasteiger partial charge in [0.05, 0.1) is 5.69 Å². The van der Waals surface area contributed by atoms with Gasteiger partial charge >= 0.3 is 0 Å². The van der Waals surface area contributed by atoms with Gasteiger partial charge < -0.3 is 10.2 Å². The molecule has 1 aromatic rings. The normalized spacial score (nSPS) is 16.4. The Labute approximate surface area is 127 Å². The zero-order valence-corrected chi connectivity index (χ0v) is 14.2. The van der Waals surface area contributed by atoms with Crippen molar-refractivity contribution >= 4 is 16.5 Å². The molecule has 1 fully saturated rings. The molecule has 0 saturated heterocycles. The Morgan fingerprint density at radius 3 is 2.70 bits per heavy atom. The van der Waals surface area contributed by atoms with Gasteiger partial charge in [-0.1, -0.05) is 27.2 Å². The van der Waals surface area contributed by atoms with Crippen molar-refractivity contribution in [3.63, 3.8) is 0 Å². The van der Waals surface area contributed by atoms with Crippen LogP contribution in [0.25, 0.3) is 0 Å². The van der Waals surface area contributed by atoms with Gasteiger partial charge in [-0.2, -0.15) is 0 Å². The van der Waals surface area contributed by atoms with Crippen LogP contribution in [0.3, 0.4) is 0 Å². The summed E-state index contributed by atoms with van der Waals surface area (Å²) in [6.07, 6.45) is 6.40. The van der Waals surface area contributed by atoms with Crippen LogP contribution in [0.1, 0.15) is 69.4 Å². The predicted octanol–water partition coefficient (Wildman–Crippen LogP) is 4.14. The van der Waals surface area contributed by atoms with Gasteiger partial charge in [0, 0.05) is 24.0 Å². The van der Waals surface area contributed by atoms with Crippen LogP contribution in [0.5, 0.6) is 0 Å². The molecule has 0 aliphatic heterocycles. The van der Waals surface area contributed by atoms with Gasteiger partial charge in [-0.3, -0.25) is 0 Å². The Morgan fingerprint density at radius 2 is 2.15 bits per heavy atom. The van der Waals surface area contributed by atoms with Crippen molar-refractivity contribution < 1.29 is 0 Å². The standard InChI is InChI=1S/C16H29N3S/c1-5-7-10-19(13-8-9-13)16-18-15(12(3)6-2)14(20-16)11-17-4/h12-13,17H,5-11H2,1-4H3. The number of unbranched alkanes of at least 4 members (excludes halogenated alkanes) is 1. The van der Waals surface area contributed by atoms with Crippen molar-refractivity contribution in [2.75, 3.05) is 18.5 Å². The van der Waals surface area contributed by atoms with E-state index in [1.807, 2.05) is 18.4 Å². The number of rotatable bonds is 9. The lowest BCUT2D eigenvalue weighted by atomic mass is 10.0. The number of nitrogens with zero attached hydrogens (tertiary/aromatic N) is 2. The summed E-state index contributed by atoms with van der Waals surface area (Å²) in [5.41, 5.74) is 1.32. The molecule has 1 saturated carbocycles. The molecule has 1 unspecified atom stereocenters. The highest BCUT2D eigenvalue weighted by atomic mass is 32.1. The van der Waals surface area contributed by atoms with Gasteiger partial charge in [0.25, 0.3) is 0 Å². The molecule has 1 atom stereocenters. The van der Waals surface area contributed by atoms with E-state index in [-0.39, 0.29) is 0 Å². The Bertz CT molecular complexity index is 412. The fourth-order valence-corrected chi connectivity index (χ4v) is 3.78. The molecule has 0 amide bonds. The van der Waals surface area contributed by atoms with Crippen molar-refractivity contribution in [1.29, 1.82) is 0 Å². The van der Waals surface area contributed by atoms with E-state index in [0.717, 1.165) is 19.0 Å². The third-order valence-corrected chi connectivity index (χ3v) is 5.23. The van der Waals surface area contributed by atoms with E-state index in [0.29, 0.717) is 5.92 Å². The minimum Gasteiger partial charge on any atom is -0.345 e. The molecule has 20 heavy (non-hydrogen) atoms. The predicted molar refractivity (Wildman–Crippen MR) is 88.9 cm³/mol. The maximum absolute atomic E-state index is 5.02. The molecule has 1 aromatic heterocycles. The molecule has 1 aliphatic carbocycles. The van der Waals surface area contributed by atoms with Gasteiger partial charge in [-0.05, 0) is 38.6 Å². The van der Waals surface area contributed by atoms with Gasteiger partial charge in [0.1, 0.15) is 0 Å². The zero-order valence-electron chi connectivity index (χ0n) is 13.4. The van der Waals surface area contributed by atoms with E-state index in [1.165, 1.54) is 47.9 Å². The molecular weight excluding hydrogens is 266 g/mol. The molecule has 4 heteroatoms. The number of hydrogen-bond acceptors (Lipinski definition) is 4. The Morgan fingerprint density at radius 1 is 1.40 bits per heavy atom. The van der Waals surface area contributed by atoms with Crippen molar-refractivity contribution in [3.05, 3.63) is 10.6 Å². The molecule has 0 spiro atoms. The maximum atomic E-state index is 5.02. The molecule has 1 heterocycles. The second-order valence-corrected chi connectivity index (χ2v) is 6.98. The van der Waals surface area contributed by atoms with Crippen LogP contribution in [-0.4, -0.2) is 24.6 Å². The summed E-state index contributed by atoms with van der Waals surface area (Å²) in [6.45, 7) is 8.94. The number of hydrogen-bond donors (Lipinski definition) is 1. The molecule has 114 valence electrons. The number of aromatic nitrogens is 1. The summed E-state index contributed by atoms with van der Waals surface area (Å²) in [4.78, 5) is 9.02. The van der Waals surface area contributed by atoms with E-state index >= 15 is 0 Å². The van der Waals surface area contributed by atoms with Crippen LogP contribution in [0.4, 0.5) is 5.13 Å². The number of nitrogens with one attached hydrogen (secondary N) is 1. The van der Waals surface area contributed by atoms with Crippen molar-refractivity contribution in [3.8, 4) is 0 Å². The lowest BCUT2D eigenvalue weighted by Gasteiger charge is -2.21. The van der Waals surface area contributed by atoms with Crippen molar-refractivity contribution in [2.45, 2.75) is 71.4 Å². The van der Waals surface area contributed by atoms with Gasteiger partial charge in [0.15, 0.2) is 5.13 Å². The summed E-state index contributed by atoms with van der Waals surface area (Å²) in [5.74, 6) is 0.565. The molecule has 0 aromatic carbocycles. The smallest absolute Gasteiger partial charge is 0.186 e. The van der Waals surface area contributed by atoms with E-state index in [4.69, 9.17) is 4.98 Å². The number of thiazole rings is 1. The largest absolute Gasteiger partial charge is 0.345 e. The third-order valence-electron chi connectivity index (χ3n) is 4.12. The average molecular weight is 295 g/mol. The lowest BCUT2D eigenvalue weighted by molar-refractivity contribution is 0.682. The van der Waals surface area contributed by atoms with Gasteiger partial charge in [-0.25, -0.2) is 4.98 Å². The van der Waals surface area contributed by atoms with Crippen LogP contribution < -0.4 is 10.2 Å². The summed E-state index contributed by atoms with van der Waals surface area (Å²) in [6, 6.07) is 0.764. The first-order chi connectivity index (χ1) is 9.71. The topological polar surface area (TPSA) is 28.2 Å². The summed E-state index contributed by atoms with van der Waals surface area (Å²) in [7, 11) is 2.02. The van der Waals surface area contributed by atoms with Crippen LogP contribution >= 0.6 is 11.3 Å². The Kier molecular flexibility index (Phi) is 5.85. The fraction of sp³-hybridized carbons (Fsp3) is 0.812. The maximum Gasteiger partial charge on any atom is 0.186 e. The summed E-state index contributed by atoms with van der Waals surface area (Å²) >= 11 is 1.91. The van der Waals surface area contributed by atoms with Crippen LogP contribution in [0, 0.1) is 0 Å². The highest BCUT2D eigenvalue weighted by Crippen LogP contribution is 2.37. The SMILES string of the molecule is CCCCN(c1nc(C(C)CC)c(CNC)s1)C1CC1. The Balaban J connectivity index is 2.20. The van der Waals surface area contributed by atoms with E-state index in [2.05, 4.69) is 31.0 Å². The van der Waals surface area contributed by atoms with E-state index < -0.39 is 0 Å². The Hall–Kier alpha value is -0.610. The molecule has 1 N–H and O–H groups in total. The van der Waals surface area contributed by atoms with E-state index in [9.17, 15) is 0 Å². The van der Waals surface area contributed by atoms with Gasteiger partial charge in [0.2, 0.25) is 0 Å². The lowest BCUT2D eigenvalue weighted by Crippen LogP contribution is -2.26. The van der Waals surface area contributed by atoms with Crippen LogP contribution in [0.2, 0.25) is 0 Å². The number of anilines is 1. The first kappa shape index (κ1) is 15.8. The molecule has 3 nitrogen and oxygen atoms in total. The highest BCUT2D eigenvalue weighted by Gasteiger charge is 2.31. The van der Waals surface area contributed by atoms with Gasteiger partial charge in [-0.15, -0.1) is 11.3 Å². The fourth-order valence-electron chi connectivity index (χ4n) is 2.49. The van der Waals surface area contributed by atoms with E-state index in [1.54, 1.807) is 0 Å². The molecule has 0 bridgehead atoms. The second kappa shape index (κ2) is 7.41. The first-order valence-electron chi connectivity index (χ1n) is 8.12. The molecular formula is C16H29N3S. The monoisotopic (exact) mass is 295 g/mol. The summed E-state index contributed by atoms with van der Waals surface area (Å²) in [5, 5.41) is 4.56. The first-order valence-corrected chi connectivity index (χ1v) is 8.93. The molecule has 2 rings (SSSR count). The second-order valence-electron chi connectivity index (χ2n) is 5.92. The molecule has 1 aliphatic rings. The third kappa shape index (κ3) is 3.73.